The number of benzene rings is 1. The van der Waals surface area contributed by atoms with E-state index >= 15 is 0 Å². The highest BCUT2D eigenvalue weighted by molar-refractivity contribution is 6.01. The summed E-state index contributed by atoms with van der Waals surface area (Å²) in [6.45, 7) is 2.93. The molecule has 1 aromatic rings. The number of ether oxygens (including phenoxy) is 2. The topological polar surface area (TPSA) is 109 Å². The van der Waals surface area contributed by atoms with E-state index in [1.807, 2.05) is 13.0 Å². The molecule has 0 saturated carbocycles. The van der Waals surface area contributed by atoms with Crippen LogP contribution in [-0.4, -0.2) is 43.3 Å². The number of carboxylic acid groups (broad SMARTS) is 1. The van der Waals surface area contributed by atoms with Crippen LogP contribution < -0.4 is 10.1 Å². The molecule has 24 heavy (non-hydrogen) atoms. The van der Waals surface area contributed by atoms with Crippen LogP contribution >= 0.6 is 0 Å². The molecule has 128 valence electrons. The van der Waals surface area contributed by atoms with Gasteiger partial charge in [0.1, 0.15) is 17.4 Å². The Labute approximate surface area is 140 Å². The van der Waals surface area contributed by atoms with Crippen molar-refractivity contribution >= 4 is 18.0 Å². The Hall–Kier alpha value is -2.85. The van der Waals surface area contributed by atoms with E-state index in [1.54, 1.807) is 24.3 Å². The molecular weight excluding hydrogens is 312 g/mol. The lowest BCUT2D eigenvalue weighted by atomic mass is 10.1. The largest absolute Gasteiger partial charge is 0.481 e. The zero-order chi connectivity index (χ0) is 17.8. The van der Waals surface area contributed by atoms with Gasteiger partial charge in [-0.15, -0.1) is 0 Å². The highest BCUT2D eigenvalue weighted by atomic mass is 16.5. The highest BCUT2D eigenvalue weighted by Crippen LogP contribution is 2.21. The molecule has 1 aromatic carbocycles. The fourth-order valence-electron chi connectivity index (χ4n) is 1.79. The van der Waals surface area contributed by atoms with Gasteiger partial charge >= 0.3 is 5.97 Å². The third-order valence-electron chi connectivity index (χ3n) is 2.89. The van der Waals surface area contributed by atoms with Crippen LogP contribution in [0.3, 0.4) is 0 Å². The van der Waals surface area contributed by atoms with Crippen LogP contribution in [0.1, 0.15) is 18.9 Å². The van der Waals surface area contributed by atoms with E-state index in [4.69, 9.17) is 19.8 Å². The van der Waals surface area contributed by atoms with Crippen LogP contribution in [0.2, 0.25) is 0 Å². The Kier molecular flexibility index (Phi) is 8.64. The number of aliphatic carboxylic acids is 1. The predicted octanol–water partition coefficient (Wildman–Crippen LogP) is 1.60. The van der Waals surface area contributed by atoms with Gasteiger partial charge < -0.3 is 19.9 Å². The monoisotopic (exact) mass is 332 g/mol. The van der Waals surface area contributed by atoms with Crippen LogP contribution in [0.4, 0.5) is 0 Å². The molecule has 1 amide bonds. The Balaban J connectivity index is 2.75. The van der Waals surface area contributed by atoms with Crippen molar-refractivity contribution < 1.29 is 24.2 Å². The maximum Gasteiger partial charge on any atom is 0.341 e. The van der Waals surface area contributed by atoms with E-state index in [-0.39, 0.29) is 11.3 Å². The molecule has 0 unspecified atom stereocenters. The van der Waals surface area contributed by atoms with Crippen LogP contribution in [0.15, 0.2) is 29.8 Å². The van der Waals surface area contributed by atoms with Gasteiger partial charge in [0.15, 0.2) is 6.61 Å². The van der Waals surface area contributed by atoms with Gasteiger partial charge in [-0.2, -0.15) is 5.26 Å². The first-order valence-corrected chi connectivity index (χ1v) is 7.49. The van der Waals surface area contributed by atoms with Crippen LogP contribution in [0, 0.1) is 11.3 Å². The average Bonchev–Trinajstić information content (AvgIpc) is 2.58. The predicted molar refractivity (Wildman–Crippen MR) is 87.3 cm³/mol. The molecular formula is C17H20N2O5. The number of carboxylic acids is 1. The smallest absolute Gasteiger partial charge is 0.341 e. The summed E-state index contributed by atoms with van der Waals surface area (Å²) in [4.78, 5) is 22.6. The summed E-state index contributed by atoms with van der Waals surface area (Å²) in [6.07, 6.45) is 2.02. The third kappa shape index (κ3) is 6.94. The van der Waals surface area contributed by atoms with Gasteiger partial charge in [0.25, 0.3) is 5.91 Å². The van der Waals surface area contributed by atoms with Crippen LogP contribution in [0.5, 0.6) is 5.75 Å². The Morgan fingerprint density at radius 1 is 1.38 bits per heavy atom. The zero-order valence-electron chi connectivity index (χ0n) is 13.4. The molecule has 1 rings (SSSR count). The molecule has 0 heterocycles. The number of amides is 1. The number of nitrogens with one attached hydrogen (secondary N) is 1. The van der Waals surface area contributed by atoms with Gasteiger partial charge in [0.05, 0.1) is 0 Å². The van der Waals surface area contributed by atoms with Crippen molar-refractivity contribution in [1.29, 1.82) is 5.26 Å². The number of hydrogen-bond donors (Lipinski definition) is 2. The molecule has 7 heteroatoms. The van der Waals surface area contributed by atoms with Crippen LogP contribution in [-0.2, 0) is 14.3 Å². The summed E-state index contributed by atoms with van der Waals surface area (Å²) in [5.41, 5.74) is 0.373. The first kappa shape index (κ1) is 19.2. The molecule has 0 bridgehead atoms. The van der Waals surface area contributed by atoms with Crippen molar-refractivity contribution in [2.24, 2.45) is 0 Å². The number of rotatable bonds is 10. The van der Waals surface area contributed by atoms with Gasteiger partial charge in [-0.1, -0.05) is 18.2 Å². The van der Waals surface area contributed by atoms with E-state index in [0.29, 0.717) is 31.7 Å². The second kappa shape index (κ2) is 10.8. The van der Waals surface area contributed by atoms with Gasteiger partial charge in [0.2, 0.25) is 0 Å². The summed E-state index contributed by atoms with van der Waals surface area (Å²) in [7, 11) is 0. The van der Waals surface area contributed by atoms with Crippen LogP contribution in [0.25, 0.3) is 6.08 Å². The number of carbonyl (C=O) groups excluding carboxylic acids is 1. The molecule has 2 N–H and O–H groups in total. The van der Waals surface area contributed by atoms with Crippen molar-refractivity contribution in [3.8, 4) is 11.8 Å². The lowest BCUT2D eigenvalue weighted by Gasteiger charge is -2.08. The fraction of sp³-hybridized carbons (Fsp3) is 0.353. The van der Waals surface area contributed by atoms with Crippen molar-refractivity contribution in [2.75, 3.05) is 26.4 Å². The minimum atomic E-state index is -1.11. The van der Waals surface area contributed by atoms with Gasteiger partial charge in [-0.05, 0) is 25.5 Å². The Morgan fingerprint density at radius 2 is 2.12 bits per heavy atom. The summed E-state index contributed by atoms with van der Waals surface area (Å²) in [6, 6.07) is 8.43. The normalized spacial score (nSPS) is 10.8. The molecule has 0 radical (unpaired) electrons. The molecule has 7 nitrogen and oxygen atoms in total. The molecule has 0 fully saturated rings. The van der Waals surface area contributed by atoms with E-state index < -0.39 is 18.5 Å². The first-order chi connectivity index (χ1) is 11.6. The zero-order valence-corrected chi connectivity index (χ0v) is 13.4. The standard InChI is InChI=1S/C17H20N2O5/c1-2-23-9-5-8-19-17(22)14(11-18)10-13-6-3-4-7-15(13)24-12-16(20)21/h3-4,6-7,10H,2,5,8-9,12H2,1H3,(H,19,22)(H,20,21)/b14-10+. The maximum atomic E-state index is 12.0. The molecule has 0 aromatic heterocycles. The fourth-order valence-corrected chi connectivity index (χ4v) is 1.79. The molecule has 0 aliphatic rings. The lowest BCUT2D eigenvalue weighted by molar-refractivity contribution is -0.139. The van der Waals surface area contributed by atoms with Gasteiger partial charge in [0, 0.05) is 25.3 Å². The Bertz CT molecular complexity index is 634. The van der Waals surface area contributed by atoms with Crippen molar-refractivity contribution in [1.82, 2.24) is 5.32 Å². The quantitative estimate of drug-likeness (QED) is 0.383. The highest BCUT2D eigenvalue weighted by Gasteiger charge is 2.11. The molecule has 0 aliphatic carbocycles. The minimum absolute atomic E-state index is 0.0854. The third-order valence-corrected chi connectivity index (χ3v) is 2.89. The SMILES string of the molecule is CCOCCCNC(=O)/C(C#N)=C/c1ccccc1OCC(=O)O. The molecule has 0 saturated heterocycles. The van der Waals surface area contributed by atoms with Crippen molar-refractivity contribution in [3.63, 3.8) is 0 Å². The summed E-state index contributed by atoms with van der Waals surface area (Å²) < 4.78 is 10.3. The first-order valence-electron chi connectivity index (χ1n) is 7.49. The molecule has 0 spiro atoms. The van der Waals surface area contributed by atoms with Gasteiger partial charge in [-0.25, -0.2) is 4.79 Å². The number of para-hydroxylation sites is 1. The maximum absolute atomic E-state index is 12.0. The summed E-state index contributed by atoms with van der Waals surface area (Å²) in [5.74, 6) is -1.32. The molecule has 0 aliphatic heterocycles. The summed E-state index contributed by atoms with van der Waals surface area (Å²) >= 11 is 0. The average molecular weight is 332 g/mol. The minimum Gasteiger partial charge on any atom is -0.481 e. The lowest BCUT2D eigenvalue weighted by Crippen LogP contribution is -2.26. The number of hydrogen-bond acceptors (Lipinski definition) is 5. The van der Waals surface area contributed by atoms with E-state index in [0.717, 1.165) is 0 Å². The number of nitriles is 1. The summed E-state index contributed by atoms with van der Waals surface area (Å²) in [5, 5.41) is 20.5. The second-order valence-corrected chi connectivity index (χ2v) is 4.70. The number of nitrogens with zero attached hydrogens (tertiary/aromatic N) is 1. The van der Waals surface area contributed by atoms with Crippen molar-refractivity contribution in [3.05, 3.63) is 35.4 Å². The second-order valence-electron chi connectivity index (χ2n) is 4.70. The van der Waals surface area contributed by atoms with E-state index in [2.05, 4.69) is 5.32 Å². The van der Waals surface area contributed by atoms with E-state index in [9.17, 15) is 9.59 Å². The Morgan fingerprint density at radius 3 is 2.79 bits per heavy atom. The van der Waals surface area contributed by atoms with E-state index in [1.165, 1.54) is 6.08 Å². The van der Waals surface area contributed by atoms with Crippen molar-refractivity contribution in [2.45, 2.75) is 13.3 Å². The number of carbonyl (C=O) groups is 2. The van der Waals surface area contributed by atoms with Gasteiger partial charge in [-0.3, -0.25) is 4.79 Å². The molecule has 0 atom stereocenters.